The third-order valence-electron chi connectivity index (χ3n) is 5.98. The molecular formula is C26H18N4O3. The number of aromatic hydroxyl groups is 1. The Morgan fingerprint density at radius 3 is 2.61 bits per heavy atom. The van der Waals surface area contributed by atoms with Gasteiger partial charge in [-0.3, -0.25) is 9.69 Å². The molecule has 1 aliphatic rings. The van der Waals surface area contributed by atoms with Crippen molar-refractivity contribution in [3.63, 3.8) is 0 Å². The molecule has 5 aromatic rings. The average Bonchev–Trinajstić information content (AvgIpc) is 3.42. The Kier molecular flexibility index (Phi) is 4.16. The topological polar surface area (TPSA) is 102 Å². The Hall–Kier alpha value is -4.65. The van der Waals surface area contributed by atoms with Gasteiger partial charge in [-0.05, 0) is 35.9 Å². The molecule has 0 bridgehead atoms. The number of carbonyl (C=O) groups excluding carboxylic acids is 1. The van der Waals surface area contributed by atoms with E-state index in [2.05, 4.69) is 9.97 Å². The highest BCUT2D eigenvalue weighted by Gasteiger charge is 2.43. The molecule has 3 aromatic carbocycles. The van der Waals surface area contributed by atoms with Crippen LogP contribution >= 0.6 is 0 Å². The van der Waals surface area contributed by atoms with Crippen molar-refractivity contribution < 1.29 is 15.0 Å². The van der Waals surface area contributed by atoms with Crippen LogP contribution in [0.25, 0.3) is 27.5 Å². The van der Waals surface area contributed by atoms with Crippen molar-refractivity contribution in [2.24, 2.45) is 0 Å². The first-order valence-electron chi connectivity index (χ1n) is 10.5. The molecule has 0 saturated carbocycles. The monoisotopic (exact) mass is 434 g/mol. The van der Waals surface area contributed by atoms with Crippen molar-refractivity contribution in [2.45, 2.75) is 6.04 Å². The number of amides is 1. The lowest BCUT2D eigenvalue weighted by Gasteiger charge is -2.27. The fourth-order valence-corrected chi connectivity index (χ4v) is 4.43. The molecule has 0 saturated heterocycles. The summed E-state index contributed by atoms with van der Waals surface area (Å²) in [4.78, 5) is 27.0. The molecule has 160 valence electrons. The van der Waals surface area contributed by atoms with E-state index in [1.807, 2.05) is 60.7 Å². The van der Waals surface area contributed by atoms with Crippen LogP contribution in [0.5, 0.6) is 5.75 Å². The normalized spacial score (nSPS) is 16.3. The van der Waals surface area contributed by atoms with Crippen LogP contribution in [-0.2, 0) is 4.79 Å². The Balaban J connectivity index is 1.59. The minimum absolute atomic E-state index is 0.0534. The number of aliphatic hydroxyl groups excluding tert-OH is 1. The summed E-state index contributed by atoms with van der Waals surface area (Å²) in [6.45, 7) is 0. The second-order valence-electron chi connectivity index (χ2n) is 7.89. The number of nitrogens with one attached hydrogen (secondary N) is 1. The first kappa shape index (κ1) is 19.1. The standard InChI is InChI=1S/C26H18N4O3/c31-21-8-4-7-16-9-11-19(29-23(16)21)24-22(15-5-2-1-3-6-15)25(32)26(33)30(24)17-10-12-18-20(13-17)28-14-27-18/h1-14,24,31-32H,(H,27,28). The molecule has 3 N–H and O–H groups in total. The van der Waals surface area contributed by atoms with Gasteiger partial charge in [-0.15, -0.1) is 0 Å². The molecular weight excluding hydrogens is 416 g/mol. The molecule has 0 aliphatic carbocycles. The lowest BCUT2D eigenvalue weighted by molar-refractivity contribution is -0.117. The summed E-state index contributed by atoms with van der Waals surface area (Å²) in [5.74, 6) is -0.793. The zero-order chi connectivity index (χ0) is 22.5. The summed E-state index contributed by atoms with van der Waals surface area (Å²) in [5.41, 5.74) is 4.28. The summed E-state index contributed by atoms with van der Waals surface area (Å²) in [7, 11) is 0. The fraction of sp³-hybridized carbons (Fsp3) is 0.0385. The van der Waals surface area contributed by atoms with Crippen molar-refractivity contribution in [3.05, 3.63) is 102 Å². The van der Waals surface area contributed by atoms with Crippen LogP contribution in [-0.4, -0.2) is 31.1 Å². The van der Waals surface area contributed by atoms with Gasteiger partial charge in [0.25, 0.3) is 5.91 Å². The van der Waals surface area contributed by atoms with Gasteiger partial charge in [-0.2, -0.15) is 0 Å². The zero-order valence-electron chi connectivity index (χ0n) is 17.3. The highest BCUT2D eigenvalue weighted by Crippen LogP contribution is 2.45. The number of imidazole rings is 1. The number of para-hydroxylation sites is 1. The first-order valence-corrected chi connectivity index (χ1v) is 10.5. The van der Waals surface area contributed by atoms with Gasteiger partial charge in [-0.1, -0.05) is 48.5 Å². The summed E-state index contributed by atoms with van der Waals surface area (Å²) < 4.78 is 0. The molecule has 1 aliphatic heterocycles. The Bertz CT molecular complexity index is 1570. The summed E-state index contributed by atoms with van der Waals surface area (Å²) in [5, 5.41) is 22.2. The lowest BCUT2D eigenvalue weighted by atomic mass is 9.95. The maximum absolute atomic E-state index is 13.4. The Morgan fingerprint density at radius 2 is 1.76 bits per heavy atom. The van der Waals surface area contributed by atoms with Gasteiger partial charge in [0, 0.05) is 16.6 Å². The molecule has 1 unspecified atom stereocenters. The number of carbonyl (C=O) groups is 1. The molecule has 1 amide bonds. The van der Waals surface area contributed by atoms with E-state index in [0.717, 1.165) is 16.5 Å². The number of rotatable bonds is 3. The molecule has 0 radical (unpaired) electrons. The number of pyridine rings is 1. The number of aliphatic hydroxyl groups is 1. The molecule has 3 heterocycles. The van der Waals surface area contributed by atoms with E-state index in [1.54, 1.807) is 24.5 Å². The molecule has 1 atom stereocenters. The second-order valence-corrected chi connectivity index (χ2v) is 7.89. The minimum atomic E-state index is -0.694. The number of hydrogen-bond donors (Lipinski definition) is 3. The Labute approximate surface area is 188 Å². The summed E-state index contributed by atoms with van der Waals surface area (Å²) in [6.07, 6.45) is 1.59. The molecule has 6 rings (SSSR count). The van der Waals surface area contributed by atoms with Crippen molar-refractivity contribution in [3.8, 4) is 5.75 Å². The van der Waals surface area contributed by atoms with Crippen LogP contribution in [0.2, 0.25) is 0 Å². The third kappa shape index (κ3) is 2.94. The molecule has 0 spiro atoms. The van der Waals surface area contributed by atoms with Gasteiger partial charge in [0.05, 0.1) is 23.1 Å². The van der Waals surface area contributed by atoms with Crippen molar-refractivity contribution >= 4 is 39.1 Å². The predicted octanol–water partition coefficient (Wildman–Crippen LogP) is 4.87. The minimum Gasteiger partial charge on any atom is -0.506 e. The number of hydrogen-bond acceptors (Lipinski definition) is 5. The second kappa shape index (κ2) is 7.20. The van der Waals surface area contributed by atoms with Crippen molar-refractivity contribution in [1.82, 2.24) is 15.0 Å². The van der Waals surface area contributed by atoms with Gasteiger partial charge in [-0.25, -0.2) is 9.97 Å². The fourth-order valence-electron chi connectivity index (χ4n) is 4.43. The number of H-pyrrole nitrogens is 1. The summed E-state index contributed by atoms with van der Waals surface area (Å²) >= 11 is 0. The van der Waals surface area contributed by atoms with Gasteiger partial charge in [0.2, 0.25) is 0 Å². The number of phenolic OH excluding ortho intramolecular Hbond substituents is 1. The predicted molar refractivity (Wildman–Crippen MR) is 126 cm³/mol. The number of nitrogens with zero attached hydrogens (tertiary/aromatic N) is 3. The maximum Gasteiger partial charge on any atom is 0.294 e. The summed E-state index contributed by atoms with van der Waals surface area (Å²) in [6, 6.07) is 22.9. The molecule has 33 heavy (non-hydrogen) atoms. The number of fused-ring (bicyclic) bond motifs is 2. The number of benzene rings is 3. The highest BCUT2D eigenvalue weighted by atomic mass is 16.3. The third-order valence-corrected chi connectivity index (χ3v) is 5.98. The van der Waals surface area contributed by atoms with Crippen LogP contribution in [0.4, 0.5) is 5.69 Å². The van der Waals surface area contributed by atoms with Crippen LogP contribution in [0.3, 0.4) is 0 Å². The van der Waals surface area contributed by atoms with Crippen molar-refractivity contribution in [1.29, 1.82) is 0 Å². The van der Waals surface area contributed by atoms with E-state index in [1.165, 1.54) is 4.90 Å². The SMILES string of the molecule is O=C1C(O)=C(c2ccccc2)C(c2ccc3cccc(O)c3n2)N1c1ccc2[nH]cnc2c1. The maximum atomic E-state index is 13.4. The van der Waals surface area contributed by atoms with Crippen LogP contribution in [0.1, 0.15) is 17.3 Å². The zero-order valence-corrected chi connectivity index (χ0v) is 17.3. The van der Waals surface area contributed by atoms with E-state index in [-0.39, 0.29) is 11.5 Å². The Morgan fingerprint density at radius 1 is 0.909 bits per heavy atom. The average molecular weight is 434 g/mol. The molecule has 7 heteroatoms. The van der Waals surface area contributed by atoms with Crippen LogP contribution < -0.4 is 4.90 Å². The molecule has 7 nitrogen and oxygen atoms in total. The smallest absolute Gasteiger partial charge is 0.294 e. The van der Waals surface area contributed by atoms with Gasteiger partial charge < -0.3 is 15.2 Å². The van der Waals surface area contributed by atoms with Gasteiger partial charge in [0.15, 0.2) is 5.76 Å². The largest absolute Gasteiger partial charge is 0.506 e. The van der Waals surface area contributed by atoms with E-state index < -0.39 is 11.9 Å². The van der Waals surface area contributed by atoms with E-state index in [4.69, 9.17) is 4.98 Å². The number of aromatic nitrogens is 3. The van der Waals surface area contributed by atoms with E-state index in [9.17, 15) is 15.0 Å². The number of aromatic amines is 1. The molecule has 0 fully saturated rings. The van der Waals surface area contributed by atoms with Crippen molar-refractivity contribution in [2.75, 3.05) is 4.90 Å². The van der Waals surface area contributed by atoms with Crippen LogP contribution in [0.15, 0.2) is 90.9 Å². The quantitative estimate of drug-likeness (QED) is 0.376. The van der Waals surface area contributed by atoms with Gasteiger partial charge in [0.1, 0.15) is 17.3 Å². The number of phenols is 1. The first-order chi connectivity index (χ1) is 16.1. The number of anilines is 1. The van der Waals surface area contributed by atoms with E-state index >= 15 is 0 Å². The van der Waals surface area contributed by atoms with Crippen LogP contribution in [0, 0.1) is 0 Å². The lowest BCUT2D eigenvalue weighted by Crippen LogP contribution is -2.30. The molecule has 2 aromatic heterocycles. The highest BCUT2D eigenvalue weighted by molar-refractivity contribution is 6.16. The van der Waals surface area contributed by atoms with E-state index in [0.29, 0.717) is 28.0 Å². The van der Waals surface area contributed by atoms with Gasteiger partial charge >= 0.3 is 0 Å².